The Morgan fingerprint density at radius 2 is 1.81 bits per heavy atom. The monoisotopic (exact) mass is 375 g/mol. The first-order valence-corrected chi connectivity index (χ1v) is 9.69. The van der Waals surface area contributed by atoms with Gasteiger partial charge >= 0.3 is 0 Å². The van der Waals surface area contributed by atoms with Crippen LogP contribution in [0.1, 0.15) is 22.8 Å². The number of hydrogen-bond acceptors (Lipinski definition) is 5. The van der Waals surface area contributed by atoms with Crippen LogP contribution in [-0.4, -0.2) is 49.5 Å². The Morgan fingerprint density at radius 3 is 2.38 bits per heavy atom. The Morgan fingerprint density at radius 1 is 1.15 bits per heavy atom. The number of anilines is 1. The zero-order valence-corrected chi connectivity index (χ0v) is 15.7. The molecule has 0 atom stereocenters. The molecule has 0 bridgehead atoms. The zero-order valence-electron chi connectivity index (χ0n) is 14.9. The van der Waals surface area contributed by atoms with Gasteiger partial charge in [-0.25, -0.2) is 13.4 Å². The van der Waals surface area contributed by atoms with Gasteiger partial charge in [-0.05, 0) is 48.9 Å². The third kappa shape index (κ3) is 4.89. The quantitative estimate of drug-likeness (QED) is 0.832. The normalized spacial score (nSPS) is 11.0. The van der Waals surface area contributed by atoms with Crippen molar-refractivity contribution in [1.82, 2.24) is 9.88 Å². The van der Waals surface area contributed by atoms with Crippen molar-refractivity contribution in [2.45, 2.75) is 18.7 Å². The van der Waals surface area contributed by atoms with Gasteiger partial charge in [0.2, 0.25) is 5.91 Å². The van der Waals surface area contributed by atoms with E-state index in [1.807, 2.05) is 13.0 Å². The average Bonchev–Trinajstić information content (AvgIpc) is 2.61. The van der Waals surface area contributed by atoms with Crippen molar-refractivity contribution in [3.8, 4) is 0 Å². The Balaban J connectivity index is 2.01. The van der Waals surface area contributed by atoms with Crippen molar-refractivity contribution in [2.75, 3.05) is 24.7 Å². The van der Waals surface area contributed by atoms with Crippen LogP contribution in [0.2, 0.25) is 0 Å². The second-order valence-electron chi connectivity index (χ2n) is 5.86. The molecular formula is C18H21N3O4S. The molecule has 2 amide bonds. The zero-order chi connectivity index (χ0) is 19.3. The lowest BCUT2D eigenvalue weighted by Gasteiger charge is -2.17. The molecule has 0 fully saturated rings. The maximum atomic E-state index is 12.4. The second-order valence-corrected chi connectivity index (χ2v) is 8.13. The van der Waals surface area contributed by atoms with Gasteiger partial charge in [0, 0.05) is 18.8 Å². The molecule has 0 aliphatic carbocycles. The Labute approximate surface area is 153 Å². The molecule has 8 heteroatoms. The average molecular weight is 375 g/mol. The Bertz CT molecular complexity index is 908. The molecular weight excluding hydrogens is 354 g/mol. The standard InChI is InChI=1S/C18H21N3O4S/c1-4-26(24,25)15-7-5-14(6-8-15)18(23)21(3)12-17(22)20-16-11-13(2)9-10-19-16/h5-11H,4,12H2,1-3H3,(H,19,20,22). The fraction of sp³-hybridized carbons (Fsp3) is 0.278. The number of carbonyl (C=O) groups is 2. The first-order valence-electron chi connectivity index (χ1n) is 8.03. The number of hydrogen-bond donors (Lipinski definition) is 1. The lowest BCUT2D eigenvalue weighted by Crippen LogP contribution is -2.35. The van der Waals surface area contributed by atoms with Crippen LogP contribution < -0.4 is 5.32 Å². The fourth-order valence-electron chi connectivity index (χ4n) is 2.27. The van der Waals surface area contributed by atoms with Gasteiger partial charge in [0.25, 0.3) is 5.91 Å². The van der Waals surface area contributed by atoms with Gasteiger partial charge in [-0.3, -0.25) is 9.59 Å². The highest BCUT2D eigenvalue weighted by Crippen LogP contribution is 2.13. The summed E-state index contributed by atoms with van der Waals surface area (Å²) >= 11 is 0. The van der Waals surface area contributed by atoms with Crippen molar-refractivity contribution in [1.29, 1.82) is 0 Å². The number of rotatable bonds is 6. The molecule has 0 saturated carbocycles. The highest BCUT2D eigenvalue weighted by Gasteiger charge is 2.17. The van der Waals surface area contributed by atoms with E-state index in [-0.39, 0.29) is 29.0 Å². The molecule has 0 spiro atoms. The highest BCUT2D eigenvalue weighted by molar-refractivity contribution is 7.91. The number of aryl methyl sites for hydroxylation is 1. The molecule has 0 aliphatic heterocycles. The molecule has 0 radical (unpaired) electrons. The number of carbonyl (C=O) groups excluding carboxylic acids is 2. The van der Waals surface area contributed by atoms with E-state index in [0.717, 1.165) is 5.56 Å². The number of likely N-dealkylation sites (N-methyl/N-ethyl adjacent to an activating group) is 1. The van der Waals surface area contributed by atoms with Gasteiger partial charge < -0.3 is 10.2 Å². The van der Waals surface area contributed by atoms with E-state index in [0.29, 0.717) is 11.4 Å². The van der Waals surface area contributed by atoms with Crippen LogP contribution in [-0.2, 0) is 14.6 Å². The van der Waals surface area contributed by atoms with Crippen LogP contribution in [0.15, 0.2) is 47.5 Å². The van der Waals surface area contributed by atoms with Crippen LogP contribution in [0.4, 0.5) is 5.82 Å². The van der Waals surface area contributed by atoms with Crippen molar-refractivity contribution in [2.24, 2.45) is 0 Å². The fourth-order valence-corrected chi connectivity index (χ4v) is 3.15. The molecule has 26 heavy (non-hydrogen) atoms. The lowest BCUT2D eigenvalue weighted by molar-refractivity contribution is -0.116. The van der Waals surface area contributed by atoms with E-state index >= 15 is 0 Å². The summed E-state index contributed by atoms with van der Waals surface area (Å²) in [6.45, 7) is 3.29. The van der Waals surface area contributed by atoms with Crippen molar-refractivity contribution >= 4 is 27.5 Å². The van der Waals surface area contributed by atoms with E-state index in [1.165, 1.54) is 36.2 Å². The minimum absolute atomic E-state index is 0.00658. The lowest BCUT2D eigenvalue weighted by atomic mass is 10.2. The maximum Gasteiger partial charge on any atom is 0.254 e. The number of pyridine rings is 1. The van der Waals surface area contributed by atoms with E-state index in [9.17, 15) is 18.0 Å². The van der Waals surface area contributed by atoms with E-state index in [2.05, 4.69) is 10.3 Å². The number of aromatic nitrogens is 1. The van der Waals surface area contributed by atoms with Gasteiger partial charge in [0.15, 0.2) is 9.84 Å². The summed E-state index contributed by atoms with van der Waals surface area (Å²) in [5.74, 6) is -0.334. The van der Waals surface area contributed by atoms with Crippen molar-refractivity contribution < 1.29 is 18.0 Å². The van der Waals surface area contributed by atoms with Gasteiger partial charge in [0.1, 0.15) is 5.82 Å². The number of amides is 2. The van der Waals surface area contributed by atoms with Crippen LogP contribution >= 0.6 is 0 Å². The summed E-state index contributed by atoms with van der Waals surface area (Å²) in [6, 6.07) is 9.23. The molecule has 7 nitrogen and oxygen atoms in total. The third-order valence-electron chi connectivity index (χ3n) is 3.75. The summed E-state index contributed by atoms with van der Waals surface area (Å²) in [5.41, 5.74) is 1.27. The molecule has 0 unspecified atom stereocenters. The number of sulfone groups is 1. The number of benzene rings is 1. The van der Waals surface area contributed by atoms with Crippen molar-refractivity contribution in [3.05, 3.63) is 53.7 Å². The first kappa shape index (κ1) is 19.6. The molecule has 1 heterocycles. The van der Waals surface area contributed by atoms with Gasteiger partial charge in [-0.15, -0.1) is 0 Å². The SMILES string of the molecule is CCS(=O)(=O)c1ccc(C(=O)N(C)CC(=O)Nc2cc(C)ccn2)cc1. The summed E-state index contributed by atoms with van der Waals surface area (Å²) in [7, 11) is -1.81. The van der Waals surface area contributed by atoms with E-state index < -0.39 is 9.84 Å². The van der Waals surface area contributed by atoms with Crippen LogP contribution in [0.25, 0.3) is 0 Å². The Kier molecular flexibility index (Phi) is 6.10. The van der Waals surface area contributed by atoms with Crippen molar-refractivity contribution in [3.63, 3.8) is 0 Å². The van der Waals surface area contributed by atoms with Crippen LogP contribution in [0.5, 0.6) is 0 Å². The summed E-state index contributed by atoms with van der Waals surface area (Å²) < 4.78 is 23.6. The summed E-state index contributed by atoms with van der Waals surface area (Å²) in [5, 5.41) is 2.63. The van der Waals surface area contributed by atoms with Crippen LogP contribution in [0.3, 0.4) is 0 Å². The highest BCUT2D eigenvalue weighted by atomic mass is 32.2. The molecule has 1 aromatic heterocycles. The molecule has 0 aliphatic rings. The molecule has 2 aromatic rings. The first-order chi connectivity index (χ1) is 12.2. The molecule has 1 N–H and O–H groups in total. The minimum atomic E-state index is -3.31. The minimum Gasteiger partial charge on any atom is -0.332 e. The van der Waals surface area contributed by atoms with Gasteiger partial charge in [0.05, 0.1) is 17.2 Å². The molecule has 0 saturated heterocycles. The van der Waals surface area contributed by atoms with Gasteiger partial charge in [-0.2, -0.15) is 0 Å². The molecule has 138 valence electrons. The van der Waals surface area contributed by atoms with Gasteiger partial charge in [-0.1, -0.05) is 6.92 Å². The van der Waals surface area contributed by atoms with E-state index in [1.54, 1.807) is 19.2 Å². The predicted octanol–water partition coefficient (Wildman–Crippen LogP) is 1.89. The van der Waals surface area contributed by atoms with E-state index in [4.69, 9.17) is 0 Å². The number of nitrogens with zero attached hydrogens (tertiary/aromatic N) is 2. The Hall–Kier alpha value is -2.74. The maximum absolute atomic E-state index is 12.4. The predicted molar refractivity (Wildman–Crippen MR) is 98.7 cm³/mol. The molecule has 1 aromatic carbocycles. The third-order valence-corrected chi connectivity index (χ3v) is 5.50. The smallest absolute Gasteiger partial charge is 0.254 e. The van der Waals surface area contributed by atoms with Crippen LogP contribution in [0, 0.1) is 6.92 Å². The summed E-state index contributed by atoms with van der Waals surface area (Å²) in [4.78, 5) is 29.9. The summed E-state index contributed by atoms with van der Waals surface area (Å²) in [6.07, 6.45) is 1.59. The largest absolute Gasteiger partial charge is 0.332 e. The number of nitrogens with one attached hydrogen (secondary N) is 1. The molecule has 2 rings (SSSR count). The second kappa shape index (κ2) is 8.09. The topological polar surface area (TPSA) is 96.4 Å².